The summed E-state index contributed by atoms with van der Waals surface area (Å²) in [7, 11) is 1.21. The summed E-state index contributed by atoms with van der Waals surface area (Å²) in [5.74, 6) is -1.25. The van der Waals surface area contributed by atoms with E-state index in [1.807, 2.05) is 16.6 Å². The van der Waals surface area contributed by atoms with Crippen molar-refractivity contribution in [2.24, 2.45) is 0 Å². The van der Waals surface area contributed by atoms with Crippen LogP contribution in [-0.2, 0) is 20.7 Å². The Morgan fingerprint density at radius 1 is 1.18 bits per heavy atom. The number of aryl methyl sites for hydroxylation is 1. The molecule has 0 fully saturated rings. The molecule has 3 aromatic rings. The fourth-order valence-corrected chi connectivity index (χ4v) is 3.89. The van der Waals surface area contributed by atoms with Crippen LogP contribution in [0.2, 0.25) is 0 Å². The molecule has 0 aliphatic rings. The van der Waals surface area contributed by atoms with Gasteiger partial charge in [0, 0.05) is 23.2 Å². The monoisotopic (exact) mass is 452 g/mol. The number of halogens is 1. The first-order valence-electron chi connectivity index (χ1n) is 11.0. The van der Waals surface area contributed by atoms with Gasteiger partial charge in [-0.3, -0.25) is 9.59 Å². The minimum Gasteiger partial charge on any atom is -0.469 e. The van der Waals surface area contributed by atoms with Gasteiger partial charge in [0.25, 0.3) is 0 Å². The molecule has 7 heteroatoms. The van der Waals surface area contributed by atoms with Crippen molar-refractivity contribution < 1.29 is 23.8 Å². The number of methoxy groups -OCH3 is 1. The summed E-state index contributed by atoms with van der Waals surface area (Å²) < 4.78 is 20.0. The van der Waals surface area contributed by atoms with Crippen LogP contribution in [0.5, 0.6) is 0 Å². The zero-order chi connectivity index (χ0) is 24.1. The van der Waals surface area contributed by atoms with Gasteiger partial charge in [-0.1, -0.05) is 32.9 Å². The molecule has 1 unspecified atom stereocenters. The lowest BCUT2D eigenvalue weighted by Gasteiger charge is -2.18. The number of ether oxygens (including phenoxy) is 1. The molecule has 1 aromatic carbocycles. The maximum Gasteiger partial charge on any atom is 0.313 e. The molecule has 0 amide bonds. The highest BCUT2D eigenvalue weighted by Crippen LogP contribution is 2.34. The van der Waals surface area contributed by atoms with Gasteiger partial charge in [-0.2, -0.15) is 5.10 Å². The number of carbonyl (C=O) groups is 2. The van der Waals surface area contributed by atoms with E-state index in [0.29, 0.717) is 5.69 Å². The Kier molecular flexibility index (Phi) is 7.76. The first-order chi connectivity index (χ1) is 15.7. The quantitative estimate of drug-likeness (QED) is 0.375. The number of ketones is 1. The molecule has 0 aliphatic heterocycles. The van der Waals surface area contributed by atoms with E-state index in [-0.39, 0.29) is 24.6 Å². The lowest BCUT2D eigenvalue weighted by atomic mass is 9.93. The van der Waals surface area contributed by atoms with Gasteiger partial charge in [-0.05, 0) is 54.3 Å². The van der Waals surface area contributed by atoms with Crippen molar-refractivity contribution in [1.82, 2.24) is 9.61 Å². The molecule has 1 N–H and O–H groups in total. The van der Waals surface area contributed by atoms with Crippen LogP contribution in [0.15, 0.2) is 42.5 Å². The smallest absolute Gasteiger partial charge is 0.313 e. The van der Waals surface area contributed by atoms with E-state index in [2.05, 4.69) is 25.5 Å². The third-order valence-corrected chi connectivity index (χ3v) is 5.50. The SMILES string of the molecule is CCc1ccc2c(C(C)C)c(/C=C/C(O)CC(=O)CC(=O)OC)c(-c3ccc(F)cc3)nn12. The zero-order valence-corrected chi connectivity index (χ0v) is 19.3. The van der Waals surface area contributed by atoms with Gasteiger partial charge >= 0.3 is 5.97 Å². The number of rotatable bonds is 9. The van der Waals surface area contributed by atoms with Gasteiger partial charge in [0.15, 0.2) is 0 Å². The van der Waals surface area contributed by atoms with Gasteiger partial charge < -0.3 is 9.84 Å². The standard InChI is InChI=1S/C26H29FN2O4/c1-5-19-10-13-23-25(16(2)3)22(12-11-20(30)14-21(31)15-24(32)33-4)26(28-29(19)23)17-6-8-18(27)9-7-17/h6-13,16,20,30H,5,14-15H2,1-4H3/b12-11+. The maximum absolute atomic E-state index is 13.6. The fraction of sp³-hybridized carbons (Fsp3) is 0.346. The number of hydrogen-bond acceptors (Lipinski definition) is 5. The Hall–Kier alpha value is -3.32. The second-order valence-corrected chi connectivity index (χ2v) is 8.23. The molecule has 6 nitrogen and oxygen atoms in total. The molecule has 3 rings (SSSR count). The summed E-state index contributed by atoms with van der Waals surface area (Å²) in [6.45, 7) is 6.22. The zero-order valence-electron chi connectivity index (χ0n) is 19.3. The molecule has 174 valence electrons. The van der Waals surface area contributed by atoms with Crippen LogP contribution in [0.1, 0.15) is 56.4 Å². The molecule has 1 atom stereocenters. The van der Waals surface area contributed by atoms with Crippen LogP contribution in [0.25, 0.3) is 22.9 Å². The predicted molar refractivity (Wildman–Crippen MR) is 125 cm³/mol. The summed E-state index contributed by atoms with van der Waals surface area (Å²) in [5, 5.41) is 15.3. The molecule has 33 heavy (non-hydrogen) atoms. The van der Waals surface area contributed by atoms with E-state index in [1.54, 1.807) is 18.2 Å². The first-order valence-corrected chi connectivity index (χ1v) is 11.0. The van der Waals surface area contributed by atoms with Crippen molar-refractivity contribution in [2.75, 3.05) is 7.11 Å². The van der Waals surface area contributed by atoms with E-state index in [0.717, 1.165) is 34.3 Å². The average molecular weight is 453 g/mol. The third-order valence-electron chi connectivity index (χ3n) is 5.50. The Balaban J connectivity index is 2.10. The van der Waals surface area contributed by atoms with E-state index >= 15 is 0 Å². The second kappa shape index (κ2) is 10.5. The predicted octanol–water partition coefficient (Wildman–Crippen LogP) is 4.72. The van der Waals surface area contributed by atoms with Gasteiger partial charge in [0.05, 0.1) is 24.4 Å². The largest absolute Gasteiger partial charge is 0.469 e. The number of aliphatic hydroxyl groups is 1. The van der Waals surface area contributed by atoms with Crippen molar-refractivity contribution in [3.8, 4) is 11.3 Å². The van der Waals surface area contributed by atoms with Crippen molar-refractivity contribution in [3.63, 3.8) is 0 Å². The number of esters is 1. The number of aromatic nitrogens is 2. The van der Waals surface area contributed by atoms with Crippen LogP contribution in [0.4, 0.5) is 4.39 Å². The molecule has 0 saturated carbocycles. The lowest BCUT2D eigenvalue weighted by Crippen LogP contribution is -2.15. The molecular formula is C26H29FN2O4. The van der Waals surface area contributed by atoms with Gasteiger partial charge in [0.2, 0.25) is 0 Å². The Labute approximate surface area is 192 Å². The Morgan fingerprint density at radius 3 is 2.48 bits per heavy atom. The summed E-state index contributed by atoms with van der Waals surface area (Å²) in [6, 6.07) is 10.2. The number of fused-ring (bicyclic) bond motifs is 1. The van der Waals surface area contributed by atoms with E-state index in [4.69, 9.17) is 5.10 Å². The molecule has 0 saturated heterocycles. The molecular weight excluding hydrogens is 423 g/mol. The molecule has 2 heterocycles. The van der Waals surface area contributed by atoms with Gasteiger partial charge in [-0.25, -0.2) is 8.91 Å². The number of nitrogens with zero attached hydrogens (tertiary/aromatic N) is 2. The summed E-state index contributed by atoms with van der Waals surface area (Å²) >= 11 is 0. The summed E-state index contributed by atoms with van der Waals surface area (Å²) in [5.41, 5.74) is 5.24. The maximum atomic E-state index is 13.6. The average Bonchev–Trinajstić information content (AvgIpc) is 3.19. The van der Waals surface area contributed by atoms with Crippen molar-refractivity contribution >= 4 is 23.3 Å². The van der Waals surface area contributed by atoms with Crippen LogP contribution in [0, 0.1) is 5.82 Å². The number of aliphatic hydroxyl groups excluding tert-OH is 1. The first kappa shape index (κ1) is 24.3. The van der Waals surface area contributed by atoms with Crippen molar-refractivity contribution in [3.05, 3.63) is 65.1 Å². The van der Waals surface area contributed by atoms with Crippen molar-refractivity contribution in [1.29, 1.82) is 0 Å². The van der Waals surface area contributed by atoms with Crippen molar-refractivity contribution in [2.45, 2.75) is 52.1 Å². The van der Waals surface area contributed by atoms with Crippen LogP contribution in [-0.4, -0.2) is 39.7 Å². The summed E-state index contributed by atoms with van der Waals surface area (Å²) in [4.78, 5) is 23.3. The normalized spacial score (nSPS) is 12.6. The van der Waals surface area contributed by atoms with Crippen LogP contribution in [0.3, 0.4) is 0 Å². The summed E-state index contributed by atoms with van der Waals surface area (Å²) in [6.07, 6.45) is 2.45. The number of carbonyl (C=O) groups excluding carboxylic acids is 2. The van der Waals surface area contributed by atoms with E-state index in [9.17, 15) is 19.1 Å². The Morgan fingerprint density at radius 2 is 1.88 bits per heavy atom. The van der Waals surface area contributed by atoms with E-state index < -0.39 is 17.9 Å². The molecule has 0 radical (unpaired) electrons. The van der Waals surface area contributed by atoms with Gasteiger partial charge in [-0.15, -0.1) is 0 Å². The van der Waals surface area contributed by atoms with Gasteiger partial charge in [0.1, 0.15) is 18.0 Å². The lowest BCUT2D eigenvalue weighted by molar-refractivity contribution is -0.143. The fourth-order valence-electron chi connectivity index (χ4n) is 3.89. The van der Waals surface area contributed by atoms with Crippen LogP contribution < -0.4 is 0 Å². The van der Waals surface area contributed by atoms with Crippen LogP contribution >= 0.6 is 0 Å². The highest BCUT2D eigenvalue weighted by molar-refractivity contribution is 5.95. The minimum atomic E-state index is -1.07. The minimum absolute atomic E-state index is 0.132. The molecule has 0 spiro atoms. The second-order valence-electron chi connectivity index (χ2n) is 8.23. The molecule has 2 aromatic heterocycles. The number of hydrogen-bond donors (Lipinski definition) is 1. The molecule has 0 bridgehead atoms. The highest BCUT2D eigenvalue weighted by atomic mass is 19.1. The van der Waals surface area contributed by atoms with E-state index in [1.165, 1.54) is 25.3 Å². The number of Topliss-reactive ketones (excluding diaryl/α,β-unsaturated/α-hetero) is 1. The number of benzene rings is 1. The Bertz CT molecular complexity index is 1180. The third kappa shape index (κ3) is 5.54. The highest BCUT2D eigenvalue weighted by Gasteiger charge is 2.20. The topological polar surface area (TPSA) is 80.9 Å². The molecule has 0 aliphatic carbocycles.